The lowest BCUT2D eigenvalue weighted by molar-refractivity contribution is 0.0790. The van der Waals surface area contributed by atoms with Crippen LogP contribution in [0.5, 0.6) is 0 Å². The van der Waals surface area contributed by atoms with E-state index in [1.807, 2.05) is 0 Å². The molecule has 0 saturated carbocycles. The molecule has 0 N–H and O–H groups in total. The van der Waals surface area contributed by atoms with E-state index in [9.17, 15) is 0 Å². The third-order valence-electron chi connectivity index (χ3n) is 5.10. The predicted octanol–water partition coefficient (Wildman–Crippen LogP) is 3.02. The highest BCUT2D eigenvalue weighted by molar-refractivity contribution is 4.93. The van der Waals surface area contributed by atoms with Crippen LogP contribution in [0.3, 0.4) is 0 Å². The molecule has 1 atom stereocenters. The lowest BCUT2D eigenvalue weighted by Crippen LogP contribution is -2.40. The van der Waals surface area contributed by atoms with Crippen molar-refractivity contribution in [3.05, 3.63) is 11.8 Å². The lowest BCUT2D eigenvalue weighted by Gasteiger charge is -2.35. The highest BCUT2D eigenvalue weighted by atomic mass is 16.5. The SMILES string of the molecule is CC(C)N1CCCC(CCc2nnc(C3CCOCC3)o2)C1. The van der Waals surface area contributed by atoms with Crippen LogP contribution >= 0.6 is 0 Å². The van der Waals surface area contributed by atoms with Crippen molar-refractivity contribution in [1.82, 2.24) is 15.1 Å². The molecule has 124 valence electrons. The van der Waals surface area contributed by atoms with Crippen LogP contribution in [0.4, 0.5) is 0 Å². The Labute approximate surface area is 133 Å². The lowest BCUT2D eigenvalue weighted by atomic mass is 9.92. The molecule has 2 saturated heterocycles. The summed E-state index contributed by atoms with van der Waals surface area (Å²) < 4.78 is 11.3. The van der Waals surface area contributed by atoms with E-state index in [1.54, 1.807) is 0 Å². The number of rotatable bonds is 5. The van der Waals surface area contributed by atoms with Gasteiger partial charge < -0.3 is 14.1 Å². The van der Waals surface area contributed by atoms with Gasteiger partial charge in [0.15, 0.2) is 0 Å². The smallest absolute Gasteiger partial charge is 0.219 e. The van der Waals surface area contributed by atoms with Gasteiger partial charge in [0, 0.05) is 38.1 Å². The number of aromatic nitrogens is 2. The minimum absolute atomic E-state index is 0.404. The molecule has 0 spiro atoms. The Balaban J connectivity index is 1.48. The van der Waals surface area contributed by atoms with Crippen LogP contribution in [0.25, 0.3) is 0 Å². The molecular formula is C17H29N3O2. The third-order valence-corrected chi connectivity index (χ3v) is 5.10. The molecule has 1 unspecified atom stereocenters. The Morgan fingerprint density at radius 2 is 2.00 bits per heavy atom. The van der Waals surface area contributed by atoms with Crippen LogP contribution in [0.1, 0.15) is 63.7 Å². The third kappa shape index (κ3) is 4.07. The van der Waals surface area contributed by atoms with Gasteiger partial charge in [0.2, 0.25) is 11.8 Å². The van der Waals surface area contributed by atoms with Gasteiger partial charge in [-0.2, -0.15) is 0 Å². The zero-order valence-corrected chi connectivity index (χ0v) is 14.0. The number of aryl methyl sites for hydroxylation is 1. The van der Waals surface area contributed by atoms with E-state index in [1.165, 1.54) is 32.4 Å². The van der Waals surface area contributed by atoms with E-state index >= 15 is 0 Å². The topological polar surface area (TPSA) is 51.4 Å². The van der Waals surface area contributed by atoms with E-state index in [2.05, 4.69) is 28.9 Å². The number of hydrogen-bond donors (Lipinski definition) is 0. The molecule has 0 radical (unpaired) electrons. The summed E-state index contributed by atoms with van der Waals surface area (Å²) in [5, 5.41) is 8.52. The molecule has 0 aromatic carbocycles. The summed E-state index contributed by atoms with van der Waals surface area (Å²) in [6.07, 6.45) is 6.76. The summed E-state index contributed by atoms with van der Waals surface area (Å²) in [6.45, 7) is 8.69. The van der Waals surface area contributed by atoms with Gasteiger partial charge in [-0.05, 0) is 58.4 Å². The average molecular weight is 307 g/mol. The maximum absolute atomic E-state index is 5.90. The van der Waals surface area contributed by atoms with Gasteiger partial charge in [-0.15, -0.1) is 10.2 Å². The van der Waals surface area contributed by atoms with E-state index in [-0.39, 0.29) is 0 Å². The molecule has 0 bridgehead atoms. The van der Waals surface area contributed by atoms with Crippen molar-refractivity contribution in [3.63, 3.8) is 0 Å². The summed E-state index contributed by atoms with van der Waals surface area (Å²) in [7, 11) is 0. The van der Waals surface area contributed by atoms with Crippen molar-refractivity contribution < 1.29 is 9.15 Å². The van der Waals surface area contributed by atoms with Gasteiger partial charge in [0.1, 0.15) is 0 Å². The van der Waals surface area contributed by atoms with Gasteiger partial charge in [-0.1, -0.05) is 0 Å². The van der Waals surface area contributed by atoms with E-state index < -0.39 is 0 Å². The Morgan fingerprint density at radius 1 is 1.18 bits per heavy atom. The minimum atomic E-state index is 0.404. The minimum Gasteiger partial charge on any atom is -0.425 e. The monoisotopic (exact) mass is 307 g/mol. The molecule has 5 heteroatoms. The van der Waals surface area contributed by atoms with Crippen molar-refractivity contribution in [3.8, 4) is 0 Å². The van der Waals surface area contributed by atoms with Crippen molar-refractivity contribution in [2.24, 2.45) is 5.92 Å². The summed E-state index contributed by atoms with van der Waals surface area (Å²) in [4.78, 5) is 2.59. The Hall–Kier alpha value is -0.940. The number of nitrogens with zero attached hydrogens (tertiary/aromatic N) is 3. The van der Waals surface area contributed by atoms with Crippen LogP contribution in [0.15, 0.2) is 4.42 Å². The van der Waals surface area contributed by atoms with Crippen LogP contribution in [0.2, 0.25) is 0 Å². The molecule has 0 amide bonds. The maximum atomic E-state index is 5.90. The Kier molecular flexibility index (Phi) is 5.47. The van der Waals surface area contributed by atoms with Crippen molar-refractivity contribution in [2.75, 3.05) is 26.3 Å². The van der Waals surface area contributed by atoms with Crippen LogP contribution < -0.4 is 0 Å². The van der Waals surface area contributed by atoms with E-state index in [0.29, 0.717) is 12.0 Å². The van der Waals surface area contributed by atoms with Crippen molar-refractivity contribution in [2.45, 2.75) is 64.3 Å². The van der Waals surface area contributed by atoms with Gasteiger partial charge in [0.05, 0.1) is 0 Å². The number of ether oxygens (including phenoxy) is 1. The molecule has 1 aromatic rings. The molecule has 1 aromatic heterocycles. The zero-order valence-electron chi connectivity index (χ0n) is 14.0. The largest absolute Gasteiger partial charge is 0.425 e. The first kappa shape index (κ1) is 15.9. The fourth-order valence-electron chi connectivity index (χ4n) is 3.61. The van der Waals surface area contributed by atoms with Crippen molar-refractivity contribution in [1.29, 1.82) is 0 Å². The molecule has 2 aliphatic heterocycles. The first-order valence-electron chi connectivity index (χ1n) is 8.86. The van der Waals surface area contributed by atoms with Crippen molar-refractivity contribution >= 4 is 0 Å². The molecule has 5 nitrogen and oxygen atoms in total. The predicted molar refractivity (Wildman–Crippen MR) is 84.8 cm³/mol. The highest BCUT2D eigenvalue weighted by Gasteiger charge is 2.24. The average Bonchev–Trinajstić information content (AvgIpc) is 3.03. The van der Waals surface area contributed by atoms with Crippen LogP contribution in [0, 0.1) is 5.92 Å². The standard InChI is InChI=1S/C17H29N3O2/c1-13(2)20-9-3-4-14(12-20)5-6-16-18-19-17(22-16)15-7-10-21-11-8-15/h13-15H,3-12H2,1-2H3. The van der Waals surface area contributed by atoms with Gasteiger partial charge in [0.25, 0.3) is 0 Å². The number of likely N-dealkylation sites (tertiary alicyclic amines) is 1. The molecule has 2 aliphatic rings. The second kappa shape index (κ2) is 7.55. The summed E-state index contributed by atoms with van der Waals surface area (Å²) >= 11 is 0. The Bertz CT molecular complexity index is 455. The molecule has 0 aliphatic carbocycles. The first-order valence-corrected chi connectivity index (χ1v) is 8.86. The molecule has 22 heavy (non-hydrogen) atoms. The summed E-state index contributed by atoms with van der Waals surface area (Å²) in [6, 6.07) is 0.659. The molecule has 2 fully saturated rings. The van der Waals surface area contributed by atoms with Gasteiger partial charge in [-0.3, -0.25) is 0 Å². The van der Waals surface area contributed by atoms with Crippen LogP contribution in [-0.4, -0.2) is 47.4 Å². The first-order chi connectivity index (χ1) is 10.7. The fraction of sp³-hybridized carbons (Fsp3) is 0.882. The Morgan fingerprint density at radius 3 is 2.77 bits per heavy atom. The second-order valence-corrected chi connectivity index (χ2v) is 7.06. The fourth-order valence-corrected chi connectivity index (χ4v) is 3.61. The second-order valence-electron chi connectivity index (χ2n) is 7.06. The van der Waals surface area contributed by atoms with Crippen LogP contribution in [-0.2, 0) is 11.2 Å². The maximum Gasteiger partial charge on any atom is 0.219 e. The molecule has 3 rings (SSSR count). The van der Waals surface area contributed by atoms with Gasteiger partial charge in [-0.25, -0.2) is 0 Å². The quantitative estimate of drug-likeness (QED) is 0.837. The zero-order chi connectivity index (χ0) is 15.4. The summed E-state index contributed by atoms with van der Waals surface area (Å²) in [5.41, 5.74) is 0. The number of hydrogen-bond acceptors (Lipinski definition) is 5. The highest BCUT2D eigenvalue weighted by Crippen LogP contribution is 2.27. The van der Waals surface area contributed by atoms with E-state index in [4.69, 9.17) is 9.15 Å². The van der Waals surface area contributed by atoms with E-state index in [0.717, 1.165) is 50.2 Å². The molecule has 3 heterocycles. The molecular weight excluding hydrogens is 278 g/mol. The normalized spacial score (nSPS) is 25.0. The number of piperidine rings is 1. The summed E-state index contributed by atoms with van der Waals surface area (Å²) in [5.74, 6) is 2.82. The van der Waals surface area contributed by atoms with Gasteiger partial charge >= 0.3 is 0 Å².